The highest BCUT2D eigenvalue weighted by Crippen LogP contribution is 2.43. The number of anilines is 2. The standard InChI is InChI=1S/C31H32F3N5O2S/c1-20-16-23(18-24(17-20)38-29-36-15-11-26(39-29)31(32,33)34)25-19-37-28(42-25)30(41)12-9-22(10-13-30)27(40)35-14-5-8-21-6-3-2-4-7-21/h2-4,6-7,11,15-19,22,41H,5,8-10,12-14H2,1H3,(H,35,40)(H,36,38,39). The minimum Gasteiger partial charge on any atom is -0.383 e. The van der Waals surface area contributed by atoms with Crippen molar-refractivity contribution in [3.63, 3.8) is 0 Å². The molecule has 4 aromatic rings. The van der Waals surface area contributed by atoms with Crippen LogP contribution in [0.1, 0.15) is 53.9 Å². The first-order valence-corrected chi connectivity index (χ1v) is 14.7. The van der Waals surface area contributed by atoms with Gasteiger partial charge in [0, 0.05) is 30.5 Å². The smallest absolute Gasteiger partial charge is 0.383 e. The number of carbonyl (C=O) groups excluding carboxylic acids is 1. The lowest BCUT2D eigenvalue weighted by atomic mass is 9.78. The Labute approximate surface area is 246 Å². The van der Waals surface area contributed by atoms with Crippen LogP contribution >= 0.6 is 11.3 Å². The van der Waals surface area contributed by atoms with E-state index in [0.29, 0.717) is 42.9 Å². The molecule has 1 amide bonds. The average molecular weight is 596 g/mol. The number of rotatable bonds is 9. The summed E-state index contributed by atoms with van der Waals surface area (Å²) in [4.78, 5) is 25.6. The van der Waals surface area contributed by atoms with Gasteiger partial charge in [-0.15, -0.1) is 11.3 Å². The molecule has 7 nitrogen and oxygen atoms in total. The number of thiazole rings is 1. The maximum atomic E-state index is 13.1. The highest BCUT2D eigenvalue weighted by molar-refractivity contribution is 7.15. The van der Waals surface area contributed by atoms with Gasteiger partial charge in [0.1, 0.15) is 16.3 Å². The molecule has 0 saturated heterocycles. The van der Waals surface area contributed by atoms with Gasteiger partial charge in [0.15, 0.2) is 0 Å². The number of amides is 1. The third-order valence-electron chi connectivity index (χ3n) is 7.44. The number of hydrogen-bond donors (Lipinski definition) is 3. The summed E-state index contributed by atoms with van der Waals surface area (Å²) in [5.41, 5.74) is 1.34. The lowest BCUT2D eigenvalue weighted by molar-refractivity contribution is -0.141. The minimum atomic E-state index is -4.57. The minimum absolute atomic E-state index is 0.0366. The van der Waals surface area contributed by atoms with Crippen LogP contribution < -0.4 is 10.6 Å². The van der Waals surface area contributed by atoms with Crippen LogP contribution in [0.4, 0.5) is 24.8 Å². The zero-order valence-corrected chi connectivity index (χ0v) is 23.9. The van der Waals surface area contributed by atoms with Gasteiger partial charge in [-0.25, -0.2) is 15.0 Å². The van der Waals surface area contributed by atoms with E-state index in [1.165, 1.54) is 16.9 Å². The third kappa shape index (κ3) is 7.32. The topological polar surface area (TPSA) is 100 Å². The summed E-state index contributed by atoms with van der Waals surface area (Å²) in [6, 6.07) is 16.5. The van der Waals surface area contributed by atoms with Gasteiger partial charge in [-0.3, -0.25) is 4.79 Å². The summed E-state index contributed by atoms with van der Waals surface area (Å²) in [5.74, 6) is -0.253. The van der Waals surface area contributed by atoms with Crippen LogP contribution in [-0.2, 0) is 23.0 Å². The molecule has 1 aliphatic rings. The summed E-state index contributed by atoms with van der Waals surface area (Å²) in [5, 5.41) is 17.9. The Morgan fingerprint density at radius 1 is 1.10 bits per heavy atom. The van der Waals surface area contributed by atoms with Crippen LogP contribution in [0.3, 0.4) is 0 Å². The first-order valence-electron chi connectivity index (χ1n) is 13.9. The van der Waals surface area contributed by atoms with Crippen LogP contribution in [0.5, 0.6) is 0 Å². The fourth-order valence-corrected chi connectivity index (χ4v) is 6.24. The molecule has 11 heteroatoms. The molecule has 42 heavy (non-hydrogen) atoms. The number of aromatic nitrogens is 3. The van der Waals surface area contributed by atoms with Gasteiger partial charge in [0.05, 0.1) is 4.88 Å². The van der Waals surface area contributed by atoms with Crippen LogP contribution in [0.25, 0.3) is 10.4 Å². The summed E-state index contributed by atoms with van der Waals surface area (Å²) >= 11 is 1.38. The lowest BCUT2D eigenvalue weighted by Crippen LogP contribution is -2.38. The van der Waals surface area contributed by atoms with Gasteiger partial charge < -0.3 is 15.7 Å². The van der Waals surface area contributed by atoms with Crippen LogP contribution in [0, 0.1) is 12.8 Å². The number of nitrogens with zero attached hydrogens (tertiary/aromatic N) is 3. The molecule has 0 spiro atoms. The zero-order chi connectivity index (χ0) is 29.7. The van der Waals surface area contributed by atoms with E-state index in [1.54, 1.807) is 18.3 Å². The molecule has 5 rings (SSSR count). The van der Waals surface area contributed by atoms with Crippen LogP contribution in [-0.4, -0.2) is 32.5 Å². The molecule has 3 N–H and O–H groups in total. The molecule has 0 aliphatic heterocycles. The molecular formula is C31H32F3N5O2S. The van der Waals surface area contributed by atoms with Crippen molar-refractivity contribution in [2.45, 2.75) is 57.2 Å². The van der Waals surface area contributed by atoms with Crippen molar-refractivity contribution in [2.75, 3.05) is 11.9 Å². The van der Waals surface area contributed by atoms with Gasteiger partial charge in [-0.2, -0.15) is 13.2 Å². The largest absolute Gasteiger partial charge is 0.433 e. The van der Waals surface area contributed by atoms with Crippen LogP contribution in [0.2, 0.25) is 0 Å². The molecule has 2 aromatic carbocycles. The number of aryl methyl sites for hydroxylation is 2. The number of hydrogen-bond acceptors (Lipinski definition) is 7. The first kappa shape index (κ1) is 29.7. The SMILES string of the molecule is Cc1cc(Nc2nccc(C(F)(F)F)n2)cc(-c2cnc(C3(O)CCC(C(=O)NCCCc4ccccc4)CC3)s2)c1. The second-order valence-corrected chi connectivity index (χ2v) is 11.7. The molecule has 2 heterocycles. The van der Waals surface area contributed by atoms with Crippen molar-refractivity contribution in [3.8, 4) is 10.4 Å². The Morgan fingerprint density at radius 3 is 2.60 bits per heavy atom. The van der Waals surface area contributed by atoms with E-state index in [2.05, 4.69) is 37.7 Å². The number of alkyl halides is 3. The molecule has 1 aliphatic carbocycles. The summed E-state index contributed by atoms with van der Waals surface area (Å²) in [6.07, 6.45) is 2.01. The van der Waals surface area contributed by atoms with Crippen molar-refractivity contribution >= 4 is 28.9 Å². The summed E-state index contributed by atoms with van der Waals surface area (Å²) < 4.78 is 39.2. The fraction of sp³-hybridized carbons (Fsp3) is 0.355. The molecule has 0 unspecified atom stereocenters. The van der Waals surface area contributed by atoms with E-state index in [9.17, 15) is 23.1 Å². The highest BCUT2D eigenvalue weighted by Gasteiger charge is 2.39. The molecule has 1 saturated carbocycles. The quantitative estimate of drug-likeness (QED) is 0.184. The Bertz CT molecular complexity index is 1520. The predicted octanol–water partition coefficient (Wildman–Crippen LogP) is 6.80. The predicted molar refractivity (Wildman–Crippen MR) is 156 cm³/mol. The van der Waals surface area contributed by atoms with E-state index in [1.807, 2.05) is 31.2 Å². The molecule has 0 bridgehead atoms. The van der Waals surface area contributed by atoms with E-state index < -0.39 is 17.5 Å². The maximum absolute atomic E-state index is 13.1. The number of nitrogens with one attached hydrogen (secondary N) is 2. The molecular weight excluding hydrogens is 563 g/mol. The molecule has 1 fully saturated rings. The second-order valence-electron chi connectivity index (χ2n) is 10.7. The summed E-state index contributed by atoms with van der Waals surface area (Å²) in [7, 11) is 0. The van der Waals surface area contributed by atoms with Gasteiger partial charge in [-0.05, 0) is 80.3 Å². The monoisotopic (exact) mass is 595 g/mol. The average Bonchev–Trinajstić information content (AvgIpc) is 3.47. The van der Waals surface area contributed by atoms with Gasteiger partial charge in [-0.1, -0.05) is 36.4 Å². The highest BCUT2D eigenvalue weighted by atomic mass is 32.1. The van der Waals surface area contributed by atoms with Crippen molar-refractivity contribution in [1.29, 1.82) is 0 Å². The van der Waals surface area contributed by atoms with E-state index in [4.69, 9.17) is 0 Å². The van der Waals surface area contributed by atoms with E-state index >= 15 is 0 Å². The fourth-order valence-electron chi connectivity index (χ4n) is 5.19. The Kier molecular flexibility index (Phi) is 8.88. The second kappa shape index (κ2) is 12.6. The van der Waals surface area contributed by atoms with Crippen LogP contribution in [0.15, 0.2) is 67.0 Å². The number of benzene rings is 2. The Morgan fingerprint density at radius 2 is 1.86 bits per heavy atom. The number of carbonyl (C=O) groups is 1. The zero-order valence-electron chi connectivity index (χ0n) is 23.1. The Hall–Kier alpha value is -3.83. The maximum Gasteiger partial charge on any atom is 0.433 e. The van der Waals surface area contributed by atoms with Crippen molar-refractivity contribution in [2.24, 2.45) is 5.92 Å². The molecule has 0 radical (unpaired) electrons. The van der Waals surface area contributed by atoms with Gasteiger partial charge in [0.2, 0.25) is 11.9 Å². The molecule has 2 aromatic heterocycles. The number of aliphatic hydroxyl groups is 1. The third-order valence-corrected chi connectivity index (χ3v) is 8.68. The van der Waals surface area contributed by atoms with Gasteiger partial charge >= 0.3 is 6.18 Å². The van der Waals surface area contributed by atoms with E-state index in [0.717, 1.165) is 41.1 Å². The number of halogens is 3. The lowest BCUT2D eigenvalue weighted by Gasteiger charge is -2.33. The molecule has 0 atom stereocenters. The van der Waals surface area contributed by atoms with Gasteiger partial charge in [0.25, 0.3) is 0 Å². The van der Waals surface area contributed by atoms with Crippen molar-refractivity contribution in [1.82, 2.24) is 20.3 Å². The Balaban J connectivity index is 1.18. The first-order chi connectivity index (χ1) is 20.1. The van der Waals surface area contributed by atoms with E-state index in [-0.39, 0.29) is 17.8 Å². The molecule has 220 valence electrons. The van der Waals surface area contributed by atoms with Crippen molar-refractivity contribution < 1.29 is 23.1 Å². The van der Waals surface area contributed by atoms with Crippen molar-refractivity contribution in [3.05, 3.63) is 88.8 Å². The summed E-state index contributed by atoms with van der Waals surface area (Å²) in [6.45, 7) is 2.50. The normalized spacial score (nSPS) is 18.9.